The van der Waals surface area contributed by atoms with Crippen LogP contribution in [0.4, 0.5) is 5.95 Å². The molecule has 1 aromatic rings. The fourth-order valence-corrected chi connectivity index (χ4v) is 1.82. The second-order valence-corrected chi connectivity index (χ2v) is 4.12. The lowest BCUT2D eigenvalue weighted by molar-refractivity contribution is 0.303. The molecule has 1 aromatic heterocycles. The third-order valence-electron chi connectivity index (χ3n) is 2.83. The summed E-state index contributed by atoms with van der Waals surface area (Å²) in [5.74, 6) is 0.969. The van der Waals surface area contributed by atoms with Crippen LogP contribution in [-0.4, -0.2) is 40.6 Å². The van der Waals surface area contributed by atoms with Crippen molar-refractivity contribution in [2.75, 3.05) is 31.5 Å². The molecule has 0 aliphatic heterocycles. The van der Waals surface area contributed by atoms with E-state index in [4.69, 9.17) is 0 Å². The summed E-state index contributed by atoms with van der Waals surface area (Å²) in [6, 6.07) is 0. The van der Waals surface area contributed by atoms with E-state index in [0.717, 1.165) is 44.2 Å². The topological polar surface area (TPSA) is 33.1 Å². The Bertz CT molecular complexity index is 302. The number of nitrogens with one attached hydrogen (secondary N) is 1. The van der Waals surface area contributed by atoms with E-state index in [1.54, 1.807) is 0 Å². The fraction of sp³-hybridized carbons (Fsp3) is 0.750. The molecule has 0 atom stereocenters. The molecular formula is C12H24N4. The Kier molecular flexibility index (Phi) is 5.32. The van der Waals surface area contributed by atoms with Gasteiger partial charge in [-0.2, -0.15) is 0 Å². The molecule has 92 valence electrons. The first-order valence-corrected chi connectivity index (χ1v) is 6.13. The standard InChI is InChI=1S/C12H24N4/c1-5-16(6-2)9-7-8-13-12-14-11(3)10-15(12)4/h10H,5-9H2,1-4H3,(H,13,14). The molecule has 0 radical (unpaired) electrons. The molecule has 1 rings (SSSR count). The van der Waals surface area contributed by atoms with E-state index in [2.05, 4.69) is 29.0 Å². The fourth-order valence-electron chi connectivity index (χ4n) is 1.82. The van der Waals surface area contributed by atoms with Gasteiger partial charge in [-0.3, -0.25) is 0 Å². The van der Waals surface area contributed by atoms with Gasteiger partial charge < -0.3 is 14.8 Å². The highest BCUT2D eigenvalue weighted by Gasteiger charge is 2.01. The van der Waals surface area contributed by atoms with Crippen molar-refractivity contribution in [2.24, 2.45) is 7.05 Å². The van der Waals surface area contributed by atoms with E-state index in [0.29, 0.717) is 0 Å². The highest BCUT2D eigenvalue weighted by atomic mass is 15.2. The van der Waals surface area contributed by atoms with Gasteiger partial charge in [0.05, 0.1) is 5.69 Å². The highest BCUT2D eigenvalue weighted by Crippen LogP contribution is 2.05. The van der Waals surface area contributed by atoms with Gasteiger partial charge in [0, 0.05) is 19.8 Å². The summed E-state index contributed by atoms with van der Waals surface area (Å²) in [6.07, 6.45) is 3.19. The lowest BCUT2D eigenvalue weighted by Gasteiger charge is -2.17. The van der Waals surface area contributed by atoms with Crippen molar-refractivity contribution in [2.45, 2.75) is 27.2 Å². The minimum Gasteiger partial charge on any atom is -0.356 e. The van der Waals surface area contributed by atoms with Crippen LogP contribution in [0.5, 0.6) is 0 Å². The number of hydrogen-bond acceptors (Lipinski definition) is 3. The molecule has 1 heterocycles. The van der Waals surface area contributed by atoms with Crippen molar-refractivity contribution in [3.8, 4) is 0 Å². The molecule has 16 heavy (non-hydrogen) atoms. The number of imidazole rings is 1. The second-order valence-electron chi connectivity index (χ2n) is 4.12. The minimum absolute atomic E-state index is 0.969. The van der Waals surface area contributed by atoms with Crippen LogP contribution < -0.4 is 5.32 Å². The molecule has 0 spiro atoms. The Hall–Kier alpha value is -1.03. The first-order chi connectivity index (χ1) is 7.67. The van der Waals surface area contributed by atoms with Crippen molar-refractivity contribution in [1.29, 1.82) is 0 Å². The quantitative estimate of drug-likeness (QED) is 0.718. The zero-order valence-electron chi connectivity index (χ0n) is 11.0. The largest absolute Gasteiger partial charge is 0.356 e. The summed E-state index contributed by atoms with van der Waals surface area (Å²) in [5.41, 5.74) is 1.06. The van der Waals surface area contributed by atoms with Crippen LogP contribution in [0.2, 0.25) is 0 Å². The summed E-state index contributed by atoms with van der Waals surface area (Å²) in [7, 11) is 2.02. The average Bonchev–Trinajstić information content (AvgIpc) is 2.58. The van der Waals surface area contributed by atoms with Gasteiger partial charge in [0.2, 0.25) is 5.95 Å². The van der Waals surface area contributed by atoms with Gasteiger partial charge in [-0.1, -0.05) is 13.8 Å². The van der Waals surface area contributed by atoms with E-state index in [1.807, 2.05) is 24.7 Å². The molecule has 0 unspecified atom stereocenters. The summed E-state index contributed by atoms with van der Waals surface area (Å²) >= 11 is 0. The molecule has 0 amide bonds. The van der Waals surface area contributed by atoms with Crippen molar-refractivity contribution in [3.63, 3.8) is 0 Å². The number of aromatic nitrogens is 2. The molecule has 0 aliphatic carbocycles. The molecule has 1 N–H and O–H groups in total. The summed E-state index contributed by atoms with van der Waals surface area (Å²) in [6.45, 7) is 10.8. The lowest BCUT2D eigenvalue weighted by atomic mass is 10.3. The van der Waals surface area contributed by atoms with Gasteiger partial charge in [0.15, 0.2) is 0 Å². The van der Waals surface area contributed by atoms with Gasteiger partial charge in [-0.05, 0) is 33.0 Å². The summed E-state index contributed by atoms with van der Waals surface area (Å²) in [5, 5.41) is 3.36. The highest BCUT2D eigenvalue weighted by molar-refractivity contribution is 5.27. The van der Waals surface area contributed by atoms with E-state index in [-0.39, 0.29) is 0 Å². The summed E-state index contributed by atoms with van der Waals surface area (Å²) < 4.78 is 2.03. The Balaban J connectivity index is 2.23. The monoisotopic (exact) mass is 224 g/mol. The number of nitrogens with zero attached hydrogens (tertiary/aromatic N) is 3. The van der Waals surface area contributed by atoms with Gasteiger partial charge in [-0.25, -0.2) is 4.98 Å². The van der Waals surface area contributed by atoms with Crippen molar-refractivity contribution < 1.29 is 0 Å². The number of hydrogen-bond donors (Lipinski definition) is 1. The summed E-state index contributed by atoms with van der Waals surface area (Å²) in [4.78, 5) is 6.84. The van der Waals surface area contributed by atoms with Gasteiger partial charge in [-0.15, -0.1) is 0 Å². The second kappa shape index (κ2) is 6.53. The predicted molar refractivity (Wildman–Crippen MR) is 68.8 cm³/mol. The van der Waals surface area contributed by atoms with Gasteiger partial charge >= 0.3 is 0 Å². The van der Waals surface area contributed by atoms with Crippen LogP contribution in [0.1, 0.15) is 26.0 Å². The first-order valence-electron chi connectivity index (χ1n) is 6.13. The number of rotatable bonds is 7. The third kappa shape index (κ3) is 3.85. The SMILES string of the molecule is CCN(CC)CCCNc1nc(C)cn1C. The predicted octanol–water partition coefficient (Wildman–Crippen LogP) is 1.87. The molecule has 0 aromatic carbocycles. The van der Waals surface area contributed by atoms with E-state index >= 15 is 0 Å². The smallest absolute Gasteiger partial charge is 0.202 e. The van der Waals surface area contributed by atoms with Crippen LogP contribution >= 0.6 is 0 Å². The lowest BCUT2D eigenvalue weighted by Crippen LogP contribution is -2.25. The Labute approximate surface area is 98.7 Å². The van der Waals surface area contributed by atoms with Crippen LogP contribution in [-0.2, 0) is 7.05 Å². The zero-order chi connectivity index (χ0) is 12.0. The average molecular weight is 224 g/mol. The minimum atomic E-state index is 0.969. The first kappa shape index (κ1) is 13.0. The Morgan fingerprint density at radius 1 is 1.38 bits per heavy atom. The molecular weight excluding hydrogens is 200 g/mol. The number of anilines is 1. The van der Waals surface area contributed by atoms with Gasteiger partial charge in [0.25, 0.3) is 0 Å². The molecule has 0 aliphatic rings. The van der Waals surface area contributed by atoms with Crippen molar-refractivity contribution in [1.82, 2.24) is 14.5 Å². The normalized spacial score (nSPS) is 11.1. The van der Waals surface area contributed by atoms with Crippen LogP contribution in [0.3, 0.4) is 0 Å². The van der Waals surface area contributed by atoms with Crippen LogP contribution in [0.15, 0.2) is 6.20 Å². The van der Waals surface area contributed by atoms with E-state index in [1.165, 1.54) is 0 Å². The molecule has 0 fully saturated rings. The van der Waals surface area contributed by atoms with Crippen LogP contribution in [0.25, 0.3) is 0 Å². The van der Waals surface area contributed by atoms with E-state index in [9.17, 15) is 0 Å². The maximum absolute atomic E-state index is 4.41. The number of aryl methyl sites for hydroxylation is 2. The molecule has 0 saturated carbocycles. The molecule has 4 heteroatoms. The van der Waals surface area contributed by atoms with Crippen molar-refractivity contribution in [3.05, 3.63) is 11.9 Å². The maximum Gasteiger partial charge on any atom is 0.202 e. The Morgan fingerprint density at radius 2 is 2.06 bits per heavy atom. The molecule has 0 bridgehead atoms. The van der Waals surface area contributed by atoms with Gasteiger partial charge in [0.1, 0.15) is 0 Å². The molecule has 0 saturated heterocycles. The Morgan fingerprint density at radius 3 is 2.56 bits per heavy atom. The molecule has 4 nitrogen and oxygen atoms in total. The van der Waals surface area contributed by atoms with E-state index < -0.39 is 0 Å². The maximum atomic E-state index is 4.41. The zero-order valence-corrected chi connectivity index (χ0v) is 11.0. The van der Waals surface area contributed by atoms with Crippen molar-refractivity contribution >= 4 is 5.95 Å². The van der Waals surface area contributed by atoms with Crippen LogP contribution in [0, 0.1) is 6.92 Å². The third-order valence-corrected chi connectivity index (χ3v) is 2.83.